The molecule has 6 atom stereocenters. The molecule has 4 heteroatoms. The first-order valence-electron chi connectivity index (χ1n) is 12.8. The van der Waals surface area contributed by atoms with Gasteiger partial charge in [0, 0.05) is 5.92 Å². The van der Waals surface area contributed by atoms with Crippen molar-refractivity contribution in [2.24, 2.45) is 34.5 Å². The van der Waals surface area contributed by atoms with E-state index in [1.807, 2.05) is 20.8 Å². The molecule has 2 fully saturated rings. The Labute approximate surface area is 205 Å². The van der Waals surface area contributed by atoms with Crippen LogP contribution in [-0.4, -0.2) is 23.8 Å². The third-order valence-electron chi connectivity index (χ3n) is 8.34. The van der Waals surface area contributed by atoms with Crippen LogP contribution in [0.25, 0.3) is 0 Å². The van der Waals surface area contributed by atoms with Gasteiger partial charge in [-0.05, 0) is 99.4 Å². The van der Waals surface area contributed by atoms with Crippen LogP contribution in [0.1, 0.15) is 99.3 Å². The monoisotopic (exact) mass is 510 g/mol. The largest absolute Gasteiger partial charge is 0.461 e. The van der Waals surface area contributed by atoms with E-state index in [0.717, 1.165) is 31.3 Å². The smallest absolute Gasteiger partial charge is 0.311 e. The standard InChI is InChI=1S/C28H47BrO3/c1-8-9-12-22(20(3)18-32-26(31)27(4,5)6)25(30)16-19(2)23-13-14-24-21(17-29)11-10-15-28(23,24)7/h17,19,22-25,30H,3,8-16,18H2,1-2,4-7H3/t19-,22+,23-,24+,25-,28-/m1/s1. The molecule has 1 N–H and O–H groups in total. The van der Waals surface area contributed by atoms with E-state index in [1.165, 1.54) is 32.1 Å². The Kier molecular flexibility index (Phi) is 10.1. The average Bonchev–Trinajstić information content (AvgIpc) is 3.08. The summed E-state index contributed by atoms with van der Waals surface area (Å²) < 4.78 is 5.53. The van der Waals surface area contributed by atoms with Crippen molar-refractivity contribution < 1.29 is 14.6 Å². The maximum Gasteiger partial charge on any atom is 0.311 e. The van der Waals surface area contributed by atoms with Crippen molar-refractivity contribution in [3.63, 3.8) is 0 Å². The van der Waals surface area contributed by atoms with Crippen LogP contribution < -0.4 is 0 Å². The zero-order valence-electron chi connectivity index (χ0n) is 21.4. The fourth-order valence-electron chi connectivity index (χ4n) is 6.43. The number of hydrogen-bond acceptors (Lipinski definition) is 3. The predicted octanol–water partition coefficient (Wildman–Crippen LogP) is 7.82. The van der Waals surface area contributed by atoms with E-state index in [1.54, 1.807) is 5.57 Å². The summed E-state index contributed by atoms with van der Waals surface area (Å²) in [4.78, 5) is 14.4. The van der Waals surface area contributed by atoms with Gasteiger partial charge in [0.1, 0.15) is 6.61 Å². The minimum absolute atomic E-state index is 0.0143. The number of unbranched alkanes of at least 4 members (excludes halogenated alkanes) is 1. The number of ether oxygens (including phenoxy) is 1. The lowest BCUT2D eigenvalue weighted by Crippen LogP contribution is -2.37. The van der Waals surface area contributed by atoms with Crippen molar-refractivity contribution in [3.05, 3.63) is 22.7 Å². The van der Waals surface area contributed by atoms with E-state index < -0.39 is 11.5 Å². The summed E-state index contributed by atoms with van der Waals surface area (Å²) in [6.45, 7) is 17.0. The highest BCUT2D eigenvalue weighted by Gasteiger charge is 2.51. The van der Waals surface area contributed by atoms with Gasteiger partial charge in [-0.25, -0.2) is 0 Å². The Morgan fingerprint density at radius 3 is 2.66 bits per heavy atom. The number of carbonyl (C=O) groups is 1. The molecule has 0 saturated heterocycles. The number of fused-ring (bicyclic) bond motifs is 1. The quantitative estimate of drug-likeness (QED) is 0.240. The van der Waals surface area contributed by atoms with Crippen LogP contribution in [0.2, 0.25) is 0 Å². The number of hydrogen-bond donors (Lipinski definition) is 1. The maximum absolute atomic E-state index is 12.2. The van der Waals surface area contributed by atoms with Gasteiger partial charge in [-0.1, -0.05) is 61.7 Å². The first kappa shape index (κ1) is 27.6. The van der Waals surface area contributed by atoms with Crippen molar-refractivity contribution >= 4 is 21.9 Å². The number of halogens is 1. The molecular formula is C28H47BrO3. The molecule has 32 heavy (non-hydrogen) atoms. The van der Waals surface area contributed by atoms with Gasteiger partial charge >= 0.3 is 5.97 Å². The van der Waals surface area contributed by atoms with Gasteiger partial charge in [-0.3, -0.25) is 4.79 Å². The molecule has 0 amide bonds. The molecule has 0 unspecified atom stereocenters. The zero-order chi connectivity index (χ0) is 24.1. The summed E-state index contributed by atoms with van der Waals surface area (Å²) in [5, 5.41) is 11.3. The summed E-state index contributed by atoms with van der Waals surface area (Å²) >= 11 is 3.62. The van der Waals surface area contributed by atoms with Crippen LogP contribution in [0.3, 0.4) is 0 Å². The van der Waals surface area contributed by atoms with Crippen molar-refractivity contribution in [3.8, 4) is 0 Å². The van der Waals surface area contributed by atoms with E-state index in [2.05, 4.69) is 48.3 Å². The molecule has 2 aliphatic carbocycles. The maximum atomic E-state index is 12.2. The summed E-state index contributed by atoms with van der Waals surface area (Å²) in [5.41, 5.74) is 2.26. The number of aliphatic hydroxyl groups is 1. The fraction of sp³-hybridized carbons (Fsp3) is 0.821. The van der Waals surface area contributed by atoms with Crippen LogP contribution in [0.5, 0.6) is 0 Å². The SMILES string of the molecule is C=C(COC(=O)C(C)(C)C)[C@H](CCCC)[C@H](O)C[C@@H](C)[C@H]1CC[C@H]2C(=CBr)CCC[C@]12C. The lowest BCUT2D eigenvalue weighted by molar-refractivity contribution is -0.152. The van der Waals surface area contributed by atoms with E-state index >= 15 is 0 Å². The van der Waals surface area contributed by atoms with Gasteiger partial charge < -0.3 is 9.84 Å². The molecule has 0 aromatic rings. The predicted molar refractivity (Wildman–Crippen MR) is 138 cm³/mol. The highest BCUT2D eigenvalue weighted by molar-refractivity contribution is 9.11. The number of carbonyl (C=O) groups excluding carboxylic acids is 1. The Morgan fingerprint density at radius 2 is 2.06 bits per heavy atom. The van der Waals surface area contributed by atoms with Gasteiger partial charge in [-0.2, -0.15) is 0 Å². The molecule has 0 aliphatic heterocycles. The molecule has 0 heterocycles. The summed E-state index contributed by atoms with van der Waals surface area (Å²) in [6, 6.07) is 0. The summed E-state index contributed by atoms with van der Waals surface area (Å²) in [7, 11) is 0. The van der Waals surface area contributed by atoms with Crippen LogP contribution in [0.4, 0.5) is 0 Å². The molecule has 0 radical (unpaired) electrons. The number of allylic oxidation sites excluding steroid dienone is 1. The molecule has 2 aliphatic rings. The first-order valence-corrected chi connectivity index (χ1v) is 13.7. The molecule has 0 bridgehead atoms. The topological polar surface area (TPSA) is 46.5 Å². The number of esters is 1. The molecule has 0 aromatic heterocycles. The lowest BCUT2D eigenvalue weighted by atomic mass is 9.61. The van der Waals surface area contributed by atoms with E-state index in [4.69, 9.17) is 4.74 Å². The van der Waals surface area contributed by atoms with Crippen LogP contribution in [0.15, 0.2) is 22.7 Å². The second-order valence-corrected chi connectivity index (χ2v) is 12.3. The molecule has 184 valence electrons. The molecule has 3 nitrogen and oxygen atoms in total. The van der Waals surface area contributed by atoms with Gasteiger partial charge in [0.25, 0.3) is 0 Å². The van der Waals surface area contributed by atoms with Crippen LogP contribution >= 0.6 is 15.9 Å². The second-order valence-electron chi connectivity index (χ2n) is 11.8. The van der Waals surface area contributed by atoms with Crippen LogP contribution in [-0.2, 0) is 9.53 Å². The normalized spacial score (nSPS) is 29.9. The number of aliphatic hydroxyl groups excluding tert-OH is 1. The molecule has 0 spiro atoms. The van der Waals surface area contributed by atoms with Gasteiger partial charge in [0.15, 0.2) is 0 Å². The summed E-state index contributed by atoms with van der Waals surface area (Å²) in [5.74, 6) is 1.56. The Hall–Kier alpha value is -0.610. The lowest BCUT2D eigenvalue weighted by Gasteiger charge is -2.44. The van der Waals surface area contributed by atoms with Crippen molar-refractivity contribution in [2.75, 3.05) is 6.61 Å². The van der Waals surface area contributed by atoms with Crippen molar-refractivity contribution in [2.45, 2.75) is 105 Å². The first-order chi connectivity index (χ1) is 15.0. The van der Waals surface area contributed by atoms with Gasteiger partial charge in [-0.15, -0.1) is 0 Å². The Bertz CT molecular complexity index is 677. The molecule has 0 aromatic carbocycles. The number of rotatable bonds is 10. The Morgan fingerprint density at radius 1 is 1.38 bits per heavy atom. The third kappa shape index (κ3) is 6.50. The van der Waals surface area contributed by atoms with Gasteiger partial charge in [0.2, 0.25) is 0 Å². The zero-order valence-corrected chi connectivity index (χ0v) is 23.0. The van der Waals surface area contributed by atoms with E-state index in [9.17, 15) is 9.90 Å². The van der Waals surface area contributed by atoms with E-state index in [0.29, 0.717) is 23.2 Å². The fourth-order valence-corrected chi connectivity index (χ4v) is 6.98. The van der Waals surface area contributed by atoms with E-state index in [-0.39, 0.29) is 18.5 Å². The minimum atomic E-state index is -0.525. The highest BCUT2D eigenvalue weighted by atomic mass is 79.9. The molecule has 2 saturated carbocycles. The van der Waals surface area contributed by atoms with Crippen LogP contribution in [0, 0.1) is 34.5 Å². The summed E-state index contributed by atoms with van der Waals surface area (Å²) in [6.07, 6.45) is 9.70. The average molecular weight is 512 g/mol. The Balaban J connectivity index is 2.04. The minimum Gasteiger partial charge on any atom is -0.461 e. The second kappa shape index (κ2) is 11.7. The van der Waals surface area contributed by atoms with Crippen molar-refractivity contribution in [1.29, 1.82) is 0 Å². The molecular weight excluding hydrogens is 464 g/mol. The van der Waals surface area contributed by atoms with Crippen molar-refractivity contribution in [1.82, 2.24) is 0 Å². The highest BCUT2D eigenvalue weighted by Crippen LogP contribution is 2.60. The third-order valence-corrected chi connectivity index (χ3v) is 8.92. The van der Waals surface area contributed by atoms with Gasteiger partial charge in [0.05, 0.1) is 11.5 Å². The molecule has 2 rings (SSSR count).